The standard InChI is InChI=1S/C9H12N2OS/c1-3-6-5-13-7-4-9(2,10)8(12)11(6)7/h1,6-7H,4-5,10H2,2H3/t6?,7-,9+/m0/s1. The molecule has 2 heterocycles. The smallest absolute Gasteiger partial charge is 0.244 e. The highest BCUT2D eigenvalue weighted by atomic mass is 32.2. The van der Waals surface area contributed by atoms with Gasteiger partial charge in [-0.25, -0.2) is 0 Å². The highest BCUT2D eigenvalue weighted by Gasteiger charge is 2.51. The quantitative estimate of drug-likeness (QED) is 0.555. The molecular weight excluding hydrogens is 184 g/mol. The van der Waals surface area contributed by atoms with E-state index in [1.807, 2.05) is 0 Å². The van der Waals surface area contributed by atoms with Gasteiger partial charge in [0.2, 0.25) is 5.91 Å². The van der Waals surface area contributed by atoms with Gasteiger partial charge in [-0.3, -0.25) is 4.79 Å². The van der Waals surface area contributed by atoms with Crippen LogP contribution in [0.5, 0.6) is 0 Å². The molecule has 0 aromatic carbocycles. The van der Waals surface area contributed by atoms with Crippen molar-refractivity contribution in [2.24, 2.45) is 5.73 Å². The number of thioether (sulfide) groups is 1. The van der Waals surface area contributed by atoms with Gasteiger partial charge in [0.05, 0.1) is 10.9 Å². The van der Waals surface area contributed by atoms with E-state index < -0.39 is 5.54 Å². The molecule has 13 heavy (non-hydrogen) atoms. The maximum atomic E-state index is 11.8. The van der Waals surface area contributed by atoms with E-state index in [-0.39, 0.29) is 17.3 Å². The topological polar surface area (TPSA) is 46.3 Å². The Morgan fingerprint density at radius 2 is 2.54 bits per heavy atom. The Hall–Kier alpha value is -0.660. The van der Waals surface area contributed by atoms with Crippen molar-refractivity contribution in [3.8, 4) is 12.3 Å². The van der Waals surface area contributed by atoms with E-state index in [1.165, 1.54) is 0 Å². The lowest BCUT2D eigenvalue weighted by molar-refractivity contribution is -0.132. The summed E-state index contributed by atoms with van der Waals surface area (Å²) in [5.41, 5.74) is 5.15. The maximum absolute atomic E-state index is 11.8. The van der Waals surface area contributed by atoms with Crippen LogP contribution in [0.25, 0.3) is 0 Å². The van der Waals surface area contributed by atoms with Crippen molar-refractivity contribution in [2.75, 3.05) is 5.75 Å². The van der Waals surface area contributed by atoms with Gasteiger partial charge in [-0.1, -0.05) is 5.92 Å². The number of terminal acetylenes is 1. The van der Waals surface area contributed by atoms with Crippen LogP contribution in [0.2, 0.25) is 0 Å². The molecule has 0 saturated carbocycles. The van der Waals surface area contributed by atoms with E-state index in [9.17, 15) is 4.79 Å². The molecule has 3 nitrogen and oxygen atoms in total. The number of rotatable bonds is 0. The molecule has 0 aromatic rings. The van der Waals surface area contributed by atoms with Crippen LogP contribution in [0.1, 0.15) is 13.3 Å². The molecule has 2 N–H and O–H groups in total. The van der Waals surface area contributed by atoms with Crippen LogP contribution >= 0.6 is 11.8 Å². The molecule has 0 bridgehead atoms. The van der Waals surface area contributed by atoms with Gasteiger partial charge in [0.1, 0.15) is 6.04 Å². The summed E-state index contributed by atoms with van der Waals surface area (Å²) in [5.74, 6) is 3.49. The molecule has 0 radical (unpaired) electrons. The number of fused-ring (bicyclic) bond motifs is 1. The molecule has 70 valence electrons. The summed E-state index contributed by atoms with van der Waals surface area (Å²) in [4.78, 5) is 13.5. The van der Waals surface area contributed by atoms with Gasteiger partial charge in [-0.2, -0.15) is 0 Å². The lowest BCUT2D eigenvalue weighted by atomic mass is 10.0. The second-order valence-electron chi connectivity index (χ2n) is 3.80. The van der Waals surface area contributed by atoms with Gasteiger partial charge >= 0.3 is 0 Å². The second kappa shape index (κ2) is 2.66. The molecule has 1 amide bonds. The zero-order chi connectivity index (χ0) is 9.64. The van der Waals surface area contributed by atoms with E-state index >= 15 is 0 Å². The Labute approximate surface area is 82.0 Å². The van der Waals surface area contributed by atoms with Gasteiger partial charge < -0.3 is 10.6 Å². The van der Waals surface area contributed by atoms with Crippen LogP contribution in [0.4, 0.5) is 0 Å². The van der Waals surface area contributed by atoms with Gasteiger partial charge in [0.25, 0.3) is 0 Å². The second-order valence-corrected chi connectivity index (χ2v) is 5.02. The Morgan fingerprint density at radius 3 is 3.15 bits per heavy atom. The normalized spacial score (nSPS) is 43.5. The molecule has 2 aliphatic rings. The van der Waals surface area contributed by atoms with Crippen LogP contribution in [-0.4, -0.2) is 33.5 Å². The van der Waals surface area contributed by atoms with Crippen molar-refractivity contribution in [1.82, 2.24) is 4.90 Å². The summed E-state index contributed by atoms with van der Waals surface area (Å²) in [6.07, 6.45) is 6.06. The number of nitrogens with zero attached hydrogens (tertiary/aromatic N) is 1. The number of hydrogen-bond donors (Lipinski definition) is 1. The average molecular weight is 196 g/mol. The lowest BCUT2D eigenvalue weighted by Gasteiger charge is -2.21. The van der Waals surface area contributed by atoms with Crippen LogP contribution in [0.3, 0.4) is 0 Å². The number of hydrogen-bond acceptors (Lipinski definition) is 3. The van der Waals surface area contributed by atoms with Crippen LogP contribution in [0, 0.1) is 12.3 Å². The van der Waals surface area contributed by atoms with Gasteiger partial charge in [0.15, 0.2) is 0 Å². The summed E-state index contributed by atoms with van der Waals surface area (Å²) in [6.45, 7) is 1.78. The molecule has 0 aromatic heterocycles. The minimum absolute atomic E-state index is 0.00505. The Kier molecular flexibility index (Phi) is 1.83. The molecule has 2 rings (SSSR count). The lowest BCUT2D eigenvalue weighted by Crippen LogP contribution is -2.47. The number of nitrogens with two attached hydrogens (primary N) is 1. The summed E-state index contributed by atoms with van der Waals surface area (Å²) in [6, 6.07) is -0.0483. The molecule has 2 aliphatic heterocycles. The van der Waals surface area contributed by atoms with Crippen molar-refractivity contribution < 1.29 is 4.79 Å². The largest absolute Gasteiger partial charge is 0.317 e. The summed E-state index contributed by atoms with van der Waals surface area (Å²) >= 11 is 1.73. The van der Waals surface area contributed by atoms with E-state index in [0.29, 0.717) is 6.42 Å². The van der Waals surface area contributed by atoms with Crippen molar-refractivity contribution >= 4 is 17.7 Å². The number of carbonyl (C=O) groups is 1. The van der Waals surface area contributed by atoms with Gasteiger partial charge in [-0.15, -0.1) is 18.2 Å². The minimum Gasteiger partial charge on any atom is -0.317 e. The SMILES string of the molecule is C#CC1CS[C@H]2C[C@@](C)(N)C(=O)N12. The van der Waals surface area contributed by atoms with Gasteiger partial charge in [-0.05, 0) is 6.92 Å². The zero-order valence-electron chi connectivity index (χ0n) is 7.49. The molecule has 1 unspecified atom stereocenters. The summed E-state index contributed by atoms with van der Waals surface area (Å²) in [5, 5.41) is 0.212. The fourth-order valence-corrected chi connectivity index (χ4v) is 3.40. The van der Waals surface area contributed by atoms with Crippen molar-refractivity contribution in [2.45, 2.75) is 30.3 Å². The maximum Gasteiger partial charge on any atom is 0.244 e. The van der Waals surface area contributed by atoms with Gasteiger partial charge in [0, 0.05) is 12.2 Å². The molecular formula is C9H12N2OS. The first-order valence-electron chi connectivity index (χ1n) is 4.25. The van der Waals surface area contributed by atoms with Crippen molar-refractivity contribution in [3.63, 3.8) is 0 Å². The third-order valence-corrected chi connectivity index (χ3v) is 3.89. The first-order chi connectivity index (χ1) is 6.06. The predicted octanol–water partition coefficient (Wildman–Crippen LogP) is 0.0108. The third kappa shape index (κ3) is 1.15. The summed E-state index contributed by atoms with van der Waals surface area (Å²) < 4.78 is 0. The van der Waals surface area contributed by atoms with Crippen molar-refractivity contribution in [3.05, 3.63) is 0 Å². The highest BCUT2D eigenvalue weighted by Crippen LogP contribution is 2.40. The summed E-state index contributed by atoms with van der Waals surface area (Å²) in [7, 11) is 0. The minimum atomic E-state index is -0.701. The molecule has 0 spiro atoms. The highest BCUT2D eigenvalue weighted by molar-refractivity contribution is 8.00. The fourth-order valence-electron chi connectivity index (χ4n) is 1.87. The first-order valence-corrected chi connectivity index (χ1v) is 5.30. The monoisotopic (exact) mass is 196 g/mol. The third-order valence-electron chi connectivity index (χ3n) is 2.61. The number of amides is 1. The number of carbonyl (C=O) groups excluding carboxylic acids is 1. The average Bonchev–Trinajstić information content (AvgIpc) is 2.53. The van der Waals surface area contributed by atoms with E-state index in [4.69, 9.17) is 12.2 Å². The molecule has 0 aliphatic carbocycles. The molecule has 3 atom stereocenters. The van der Waals surface area contributed by atoms with Crippen molar-refractivity contribution in [1.29, 1.82) is 0 Å². The Balaban J connectivity index is 2.28. The van der Waals surface area contributed by atoms with E-state index in [0.717, 1.165) is 5.75 Å². The predicted molar refractivity (Wildman–Crippen MR) is 52.9 cm³/mol. The first kappa shape index (κ1) is 8.92. The Morgan fingerprint density at radius 1 is 1.85 bits per heavy atom. The van der Waals surface area contributed by atoms with Crippen LogP contribution in [0.15, 0.2) is 0 Å². The molecule has 2 fully saturated rings. The van der Waals surface area contributed by atoms with E-state index in [2.05, 4.69) is 5.92 Å². The Bertz CT molecular complexity index is 294. The fraction of sp³-hybridized carbons (Fsp3) is 0.667. The zero-order valence-corrected chi connectivity index (χ0v) is 8.30. The molecule has 4 heteroatoms. The van der Waals surface area contributed by atoms with E-state index in [1.54, 1.807) is 23.6 Å². The van der Waals surface area contributed by atoms with Crippen LogP contribution in [-0.2, 0) is 4.79 Å². The molecule has 2 saturated heterocycles. The van der Waals surface area contributed by atoms with Crippen LogP contribution < -0.4 is 5.73 Å².